The number of benzene rings is 2. The summed E-state index contributed by atoms with van der Waals surface area (Å²) < 4.78 is 26.6. The third kappa shape index (κ3) is 2.24. The smallest absolute Gasteiger partial charge is 0.278 e. The summed E-state index contributed by atoms with van der Waals surface area (Å²) in [4.78, 5) is 13.9. The van der Waals surface area contributed by atoms with Crippen molar-refractivity contribution in [2.24, 2.45) is 0 Å². The van der Waals surface area contributed by atoms with Crippen LogP contribution in [0, 0.1) is 18.3 Å². The fourth-order valence-electron chi connectivity index (χ4n) is 2.56. The van der Waals surface area contributed by atoms with Gasteiger partial charge in [0.15, 0.2) is 0 Å². The van der Waals surface area contributed by atoms with Crippen molar-refractivity contribution in [1.29, 1.82) is 5.26 Å². The second kappa shape index (κ2) is 5.41. The Balaban J connectivity index is 2.29. The van der Waals surface area contributed by atoms with Gasteiger partial charge < -0.3 is 0 Å². The summed E-state index contributed by atoms with van der Waals surface area (Å²) in [6, 6.07) is 14.1. The molecule has 0 saturated carbocycles. The lowest BCUT2D eigenvalue weighted by molar-refractivity contribution is 0.254. The van der Waals surface area contributed by atoms with Crippen LogP contribution in [0.1, 0.15) is 5.56 Å². The summed E-state index contributed by atoms with van der Waals surface area (Å²) in [7, 11) is -4.03. The molecule has 1 aliphatic heterocycles. The van der Waals surface area contributed by atoms with Crippen molar-refractivity contribution in [3.05, 3.63) is 54.1 Å². The molecule has 2 aromatic rings. The Kier molecular flexibility index (Phi) is 3.54. The molecule has 0 saturated heterocycles. The lowest BCUT2D eigenvalue weighted by Gasteiger charge is -2.35. The first-order chi connectivity index (χ1) is 11.0. The molecule has 0 unspecified atom stereocenters. The summed E-state index contributed by atoms with van der Waals surface area (Å²) >= 11 is 0. The SMILES string of the molecule is Cc1ccccc1N1C(=O)N(CC#N)c2ccccc2S1(=O)=O. The fourth-order valence-corrected chi connectivity index (χ4v) is 4.22. The fraction of sp³-hybridized carbons (Fsp3) is 0.125. The van der Waals surface area contributed by atoms with E-state index in [2.05, 4.69) is 0 Å². The molecule has 0 aliphatic carbocycles. The Morgan fingerprint density at radius 2 is 1.65 bits per heavy atom. The van der Waals surface area contributed by atoms with Crippen molar-refractivity contribution >= 4 is 27.4 Å². The molecule has 1 heterocycles. The lowest BCUT2D eigenvalue weighted by atomic mass is 10.2. The molecule has 2 aromatic carbocycles. The van der Waals surface area contributed by atoms with Crippen LogP contribution in [-0.2, 0) is 10.0 Å². The minimum absolute atomic E-state index is 0.0121. The van der Waals surface area contributed by atoms with Crippen LogP contribution in [0.3, 0.4) is 0 Å². The number of nitriles is 1. The second-order valence-corrected chi connectivity index (χ2v) is 6.81. The summed E-state index contributed by atoms with van der Waals surface area (Å²) in [6.45, 7) is 1.50. The zero-order valence-corrected chi connectivity index (χ0v) is 13.1. The number of nitrogens with zero attached hydrogens (tertiary/aromatic N) is 3. The van der Waals surface area contributed by atoms with Gasteiger partial charge in [0.05, 0.1) is 17.4 Å². The monoisotopic (exact) mass is 327 g/mol. The van der Waals surface area contributed by atoms with Crippen LogP contribution in [0.2, 0.25) is 0 Å². The highest BCUT2D eigenvalue weighted by molar-refractivity contribution is 7.94. The number of urea groups is 1. The number of hydrogen-bond acceptors (Lipinski definition) is 4. The number of rotatable bonds is 2. The zero-order chi connectivity index (χ0) is 16.6. The van der Waals surface area contributed by atoms with Crippen LogP contribution in [0.15, 0.2) is 53.4 Å². The van der Waals surface area contributed by atoms with Gasteiger partial charge in [-0.15, -0.1) is 0 Å². The molecule has 23 heavy (non-hydrogen) atoms. The van der Waals surface area contributed by atoms with E-state index in [0.29, 0.717) is 5.56 Å². The van der Waals surface area contributed by atoms with Crippen molar-refractivity contribution < 1.29 is 13.2 Å². The van der Waals surface area contributed by atoms with E-state index in [-0.39, 0.29) is 22.8 Å². The van der Waals surface area contributed by atoms with Crippen LogP contribution in [-0.4, -0.2) is 21.0 Å². The summed E-state index contributed by atoms with van der Waals surface area (Å²) in [5.41, 5.74) is 1.17. The summed E-state index contributed by atoms with van der Waals surface area (Å²) in [6.07, 6.45) is 0. The van der Waals surface area contributed by atoms with Gasteiger partial charge in [-0.1, -0.05) is 30.3 Å². The van der Waals surface area contributed by atoms with Crippen LogP contribution < -0.4 is 9.21 Å². The van der Waals surface area contributed by atoms with E-state index in [1.54, 1.807) is 43.3 Å². The molecule has 2 amide bonds. The maximum absolute atomic E-state index is 12.9. The minimum atomic E-state index is -4.03. The van der Waals surface area contributed by atoms with Gasteiger partial charge in [-0.2, -0.15) is 9.57 Å². The molecule has 0 N–H and O–H groups in total. The lowest BCUT2D eigenvalue weighted by Crippen LogP contribution is -2.51. The Hall–Kier alpha value is -2.85. The summed E-state index contributed by atoms with van der Waals surface area (Å²) in [5.74, 6) is 0. The van der Waals surface area contributed by atoms with Gasteiger partial charge in [0.2, 0.25) is 0 Å². The molecular formula is C16H13N3O3S. The number of para-hydroxylation sites is 2. The molecule has 6 nitrogen and oxygen atoms in total. The molecule has 0 fully saturated rings. The molecule has 0 radical (unpaired) electrons. The van der Waals surface area contributed by atoms with Gasteiger partial charge in [0, 0.05) is 0 Å². The van der Waals surface area contributed by atoms with Crippen LogP contribution >= 0.6 is 0 Å². The highest BCUT2D eigenvalue weighted by Crippen LogP contribution is 2.37. The predicted molar refractivity (Wildman–Crippen MR) is 85.6 cm³/mol. The standard InChI is InChI=1S/C16H13N3O3S/c1-12-6-2-3-7-13(12)19-16(20)18(11-10-17)14-8-4-5-9-15(14)23(19,21)22/h2-9H,11H2,1H3. The Bertz CT molecular complexity index is 932. The Morgan fingerprint density at radius 3 is 2.30 bits per heavy atom. The number of anilines is 2. The van der Waals surface area contributed by atoms with Gasteiger partial charge in [-0.3, -0.25) is 4.90 Å². The van der Waals surface area contributed by atoms with Crippen molar-refractivity contribution in [3.63, 3.8) is 0 Å². The molecule has 116 valence electrons. The first-order valence-electron chi connectivity index (χ1n) is 6.87. The van der Waals surface area contributed by atoms with E-state index < -0.39 is 16.1 Å². The average molecular weight is 327 g/mol. The topological polar surface area (TPSA) is 81.5 Å². The van der Waals surface area contributed by atoms with E-state index in [4.69, 9.17) is 5.26 Å². The van der Waals surface area contributed by atoms with Crippen molar-refractivity contribution in [2.45, 2.75) is 11.8 Å². The Morgan fingerprint density at radius 1 is 1.04 bits per heavy atom. The maximum atomic E-state index is 12.9. The minimum Gasteiger partial charge on any atom is -0.278 e. The number of carbonyl (C=O) groups is 1. The van der Waals surface area contributed by atoms with Crippen molar-refractivity contribution in [1.82, 2.24) is 0 Å². The van der Waals surface area contributed by atoms with E-state index >= 15 is 0 Å². The van der Waals surface area contributed by atoms with Crippen LogP contribution in [0.25, 0.3) is 0 Å². The van der Waals surface area contributed by atoms with Crippen molar-refractivity contribution in [2.75, 3.05) is 15.7 Å². The molecule has 0 spiro atoms. The number of sulfonamides is 1. The van der Waals surface area contributed by atoms with Gasteiger partial charge in [-0.25, -0.2) is 13.2 Å². The van der Waals surface area contributed by atoms with Gasteiger partial charge >= 0.3 is 6.03 Å². The second-order valence-electron chi connectivity index (χ2n) is 5.05. The van der Waals surface area contributed by atoms with E-state index in [1.165, 1.54) is 17.0 Å². The van der Waals surface area contributed by atoms with Gasteiger partial charge in [-0.05, 0) is 30.7 Å². The van der Waals surface area contributed by atoms with E-state index in [1.807, 2.05) is 6.07 Å². The molecule has 0 atom stereocenters. The highest BCUT2D eigenvalue weighted by atomic mass is 32.2. The normalized spacial score (nSPS) is 15.9. The van der Waals surface area contributed by atoms with Crippen LogP contribution in [0.4, 0.5) is 16.2 Å². The molecule has 0 bridgehead atoms. The number of carbonyl (C=O) groups excluding carboxylic acids is 1. The zero-order valence-electron chi connectivity index (χ0n) is 12.3. The van der Waals surface area contributed by atoms with E-state index in [0.717, 1.165) is 4.31 Å². The van der Waals surface area contributed by atoms with Crippen LogP contribution in [0.5, 0.6) is 0 Å². The first kappa shape index (κ1) is 15.1. The molecule has 7 heteroatoms. The highest BCUT2D eigenvalue weighted by Gasteiger charge is 2.42. The van der Waals surface area contributed by atoms with E-state index in [9.17, 15) is 13.2 Å². The molecule has 3 rings (SSSR count). The molecule has 0 aromatic heterocycles. The number of aryl methyl sites for hydroxylation is 1. The molecule has 1 aliphatic rings. The predicted octanol–water partition coefficient (Wildman–Crippen LogP) is 2.65. The number of hydrogen-bond donors (Lipinski definition) is 0. The first-order valence-corrected chi connectivity index (χ1v) is 8.31. The number of fused-ring (bicyclic) bond motifs is 1. The maximum Gasteiger partial charge on any atom is 0.344 e. The number of amides is 2. The van der Waals surface area contributed by atoms with Crippen molar-refractivity contribution in [3.8, 4) is 6.07 Å². The largest absolute Gasteiger partial charge is 0.344 e. The quantitative estimate of drug-likeness (QED) is 0.794. The molecular weight excluding hydrogens is 314 g/mol. The third-order valence-corrected chi connectivity index (χ3v) is 5.38. The average Bonchev–Trinajstić information content (AvgIpc) is 2.53. The summed E-state index contributed by atoms with van der Waals surface area (Å²) in [5, 5.41) is 8.99. The van der Waals surface area contributed by atoms with Gasteiger partial charge in [0.25, 0.3) is 10.0 Å². The third-order valence-electron chi connectivity index (χ3n) is 3.64. The Labute approximate surface area is 134 Å². The van der Waals surface area contributed by atoms with Gasteiger partial charge in [0.1, 0.15) is 11.4 Å².